The second kappa shape index (κ2) is 9.87. The van der Waals surface area contributed by atoms with Gasteiger partial charge in [-0.2, -0.15) is 10.2 Å². The molecule has 0 aliphatic heterocycles. The molecule has 2 heterocycles. The van der Waals surface area contributed by atoms with Gasteiger partial charge >= 0.3 is 0 Å². The SMILES string of the molecule is COc1cccc(Cn2cc(NC(=S)Nc3c(C)nn(Cc4ccccc4C)c3C)cn2)c1. The molecule has 0 bridgehead atoms. The Kier molecular flexibility index (Phi) is 6.74. The normalized spacial score (nSPS) is 10.8. The van der Waals surface area contributed by atoms with Gasteiger partial charge in [0, 0.05) is 6.20 Å². The zero-order chi connectivity index (χ0) is 23.4. The van der Waals surface area contributed by atoms with Gasteiger partial charge in [0.2, 0.25) is 0 Å². The molecule has 170 valence electrons. The van der Waals surface area contributed by atoms with E-state index < -0.39 is 0 Å². The van der Waals surface area contributed by atoms with Crippen molar-refractivity contribution >= 4 is 28.7 Å². The summed E-state index contributed by atoms with van der Waals surface area (Å²) in [6.45, 7) is 7.52. The summed E-state index contributed by atoms with van der Waals surface area (Å²) >= 11 is 5.56. The van der Waals surface area contributed by atoms with Crippen LogP contribution in [0.25, 0.3) is 0 Å². The third-order valence-corrected chi connectivity index (χ3v) is 5.78. The molecule has 2 aromatic heterocycles. The van der Waals surface area contributed by atoms with Crippen molar-refractivity contribution < 1.29 is 4.74 Å². The molecular formula is C25H28N6OS. The zero-order valence-corrected chi connectivity index (χ0v) is 20.1. The van der Waals surface area contributed by atoms with E-state index in [9.17, 15) is 0 Å². The second-order valence-corrected chi connectivity index (χ2v) is 8.40. The van der Waals surface area contributed by atoms with Crippen LogP contribution in [0.5, 0.6) is 5.75 Å². The first kappa shape index (κ1) is 22.5. The smallest absolute Gasteiger partial charge is 0.175 e. The van der Waals surface area contributed by atoms with E-state index in [-0.39, 0.29) is 0 Å². The van der Waals surface area contributed by atoms with Crippen LogP contribution in [0.1, 0.15) is 28.1 Å². The molecule has 0 aliphatic carbocycles. The maximum absolute atomic E-state index is 5.56. The summed E-state index contributed by atoms with van der Waals surface area (Å²) < 4.78 is 9.16. The number of rotatable bonds is 7. The van der Waals surface area contributed by atoms with Crippen LogP contribution in [0.4, 0.5) is 11.4 Å². The summed E-state index contributed by atoms with van der Waals surface area (Å²) in [4.78, 5) is 0. The third-order valence-electron chi connectivity index (χ3n) is 5.57. The number of nitrogens with one attached hydrogen (secondary N) is 2. The van der Waals surface area contributed by atoms with Crippen molar-refractivity contribution in [2.45, 2.75) is 33.9 Å². The molecule has 2 N–H and O–H groups in total. The molecule has 0 atom stereocenters. The van der Waals surface area contributed by atoms with Crippen molar-refractivity contribution in [2.24, 2.45) is 0 Å². The summed E-state index contributed by atoms with van der Waals surface area (Å²) in [7, 11) is 1.67. The molecule has 0 aliphatic rings. The molecule has 7 nitrogen and oxygen atoms in total. The van der Waals surface area contributed by atoms with Gasteiger partial charge in [-0.15, -0.1) is 0 Å². The summed E-state index contributed by atoms with van der Waals surface area (Å²) in [5.41, 5.74) is 7.29. The lowest BCUT2D eigenvalue weighted by Gasteiger charge is -2.11. The number of hydrogen-bond acceptors (Lipinski definition) is 4. The number of ether oxygens (including phenoxy) is 1. The van der Waals surface area contributed by atoms with E-state index in [1.165, 1.54) is 11.1 Å². The minimum Gasteiger partial charge on any atom is -0.497 e. The zero-order valence-electron chi connectivity index (χ0n) is 19.3. The summed E-state index contributed by atoms with van der Waals surface area (Å²) in [6.07, 6.45) is 3.68. The maximum atomic E-state index is 5.56. The molecule has 4 rings (SSSR count). The summed E-state index contributed by atoms with van der Waals surface area (Å²) in [5, 5.41) is 16.2. The lowest BCUT2D eigenvalue weighted by molar-refractivity contribution is 0.414. The molecule has 33 heavy (non-hydrogen) atoms. The Morgan fingerprint density at radius 1 is 1.03 bits per heavy atom. The van der Waals surface area contributed by atoms with Crippen molar-refractivity contribution in [1.29, 1.82) is 0 Å². The third kappa shape index (κ3) is 5.40. The molecule has 0 radical (unpaired) electrons. The Labute approximate surface area is 199 Å². The highest BCUT2D eigenvalue weighted by molar-refractivity contribution is 7.80. The maximum Gasteiger partial charge on any atom is 0.175 e. The van der Waals surface area contributed by atoms with Gasteiger partial charge in [0.25, 0.3) is 0 Å². The molecule has 0 saturated heterocycles. The van der Waals surface area contributed by atoms with Crippen molar-refractivity contribution in [3.05, 3.63) is 89.0 Å². The lowest BCUT2D eigenvalue weighted by atomic mass is 10.1. The Hall–Kier alpha value is -3.65. The monoisotopic (exact) mass is 460 g/mol. The summed E-state index contributed by atoms with van der Waals surface area (Å²) in [5.74, 6) is 0.831. The average Bonchev–Trinajstić information content (AvgIpc) is 3.34. The van der Waals surface area contributed by atoms with Crippen LogP contribution >= 0.6 is 12.2 Å². The fraction of sp³-hybridized carbons (Fsp3) is 0.240. The van der Waals surface area contributed by atoms with Gasteiger partial charge in [-0.05, 0) is 61.8 Å². The predicted molar refractivity (Wildman–Crippen MR) is 136 cm³/mol. The second-order valence-electron chi connectivity index (χ2n) is 7.99. The molecule has 8 heteroatoms. The highest BCUT2D eigenvalue weighted by Crippen LogP contribution is 2.22. The first-order valence-electron chi connectivity index (χ1n) is 10.7. The molecule has 2 aromatic carbocycles. The Morgan fingerprint density at radius 3 is 2.64 bits per heavy atom. The molecule has 0 saturated carbocycles. The van der Waals surface area contributed by atoms with Crippen molar-refractivity contribution in [1.82, 2.24) is 19.6 Å². The largest absolute Gasteiger partial charge is 0.497 e. The van der Waals surface area contributed by atoms with E-state index in [0.29, 0.717) is 11.7 Å². The molecular weight excluding hydrogens is 432 g/mol. The van der Waals surface area contributed by atoms with E-state index in [4.69, 9.17) is 22.1 Å². The first-order valence-corrected chi connectivity index (χ1v) is 11.2. The van der Waals surface area contributed by atoms with Gasteiger partial charge < -0.3 is 15.4 Å². The van der Waals surface area contributed by atoms with Crippen molar-refractivity contribution in [2.75, 3.05) is 17.7 Å². The number of aryl methyl sites for hydroxylation is 2. The molecule has 0 amide bonds. The standard InChI is InChI=1S/C25H28N6OS/c1-17-8-5-6-10-21(17)15-31-19(3)24(18(2)29-31)28-25(33)27-22-13-26-30(16-22)14-20-9-7-11-23(12-20)32-4/h5-13,16H,14-15H2,1-4H3,(H2,27,28,33). The van der Waals surface area contributed by atoms with Gasteiger partial charge in [-0.3, -0.25) is 9.36 Å². The Balaban J connectivity index is 1.40. The number of benzene rings is 2. The minimum atomic E-state index is 0.498. The van der Waals surface area contributed by atoms with Crippen LogP contribution < -0.4 is 15.4 Å². The first-order chi connectivity index (χ1) is 15.9. The van der Waals surface area contributed by atoms with Gasteiger partial charge in [0.05, 0.1) is 49.2 Å². The van der Waals surface area contributed by atoms with Crippen LogP contribution in [0, 0.1) is 20.8 Å². The van der Waals surface area contributed by atoms with E-state index in [2.05, 4.69) is 53.8 Å². The van der Waals surface area contributed by atoms with E-state index in [1.54, 1.807) is 13.3 Å². The van der Waals surface area contributed by atoms with Gasteiger partial charge in [0.15, 0.2) is 5.11 Å². The quantitative estimate of drug-likeness (QED) is 0.382. The number of hydrogen-bond donors (Lipinski definition) is 2. The van der Waals surface area contributed by atoms with Crippen LogP contribution in [-0.2, 0) is 13.1 Å². The molecule has 4 aromatic rings. The van der Waals surface area contributed by atoms with Crippen LogP contribution in [0.3, 0.4) is 0 Å². The lowest BCUT2D eigenvalue weighted by Crippen LogP contribution is -2.19. The van der Waals surface area contributed by atoms with Crippen molar-refractivity contribution in [3.8, 4) is 5.75 Å². The molecule has 0 fully saturated rings. The number of nitrogens with zero attached hydrogens (tertiary/aromatic N) is 4. The highest BCUT2D eigenvalue weighted by Gasteiger charge is 2.14. The van der Waals surface area contributed by atoms with Crippen LogP contribution in [-0.4, -0.2) is 31.8 Å². The van der Waals surface area contributed by atoms with Gasteiger partial charge in [0.1, 0.15) is 5.75 Å². The number of aromatic nitrogens is 4. The predicted octanol–water partition coefficient (Wildman–Crippen LogP) is 4.92. The topological polar surface area (TPSA) is 68.9 Å². The fourth-order valence-corrected chi connectivity index (χ4v) is 3.95. The van der Waals surface area contributed by atoms with Gasteiger partial charge in [-0.1, -0.05) is 36.4 Å². The van der Waals surface area contributed by atoms with E-state index in [0.717, 1.165) is 40.6 Å². The Morgan fingerprint density at radius 2 is 1.85 bits per heavy atom. The van der Waals surface area contributed by atoms with Crippen LogP contribution in [0.2, 0.25) is 0 Å². The molecule has 0 spiro atoms. The fourth-order valence-electron chi connectivity index (χ4n) is 3.73. The molecule has 0 unspecified atom stereocenters. The number of anilines is 2. The Bertz CT molecular complexity index is 1280. The average molecular weight is 461 g/mol. The number of methoxy groups -OCH3 is 1. The van der Waals surface area contributed by atoms with E-state index in [1.807, 2.05) is 46.7 Å². The number of thiocarbonyl (C=S) groups is 1. The highest BCUT2D eigenvalue weighted by atomic mass is 32.1. The van der Waals surface area contributed by atoms with Crippen LogP contribution in [0.15, 0.2) is 60.9 Å². The summed E-state index contributed by atoms with van der Waals surface area (Å²) in [6, 6.07) is 16.3. The van der Waals surface area contributed by atoms with Gasteiger partial charge in [-0.25, -0.2) is 0 Å². The van der Waals surface area contributed by atoms with Crippen molar-refractivity contribution in [3.63, 3.8) is 0 Å². The minimum absolute atomic E-state index is 0.498. The van der Waals surface area contributed by atoms with E-state index >= 15 is 0 Å².